The first-order chi connectivity index (χ1) is 13.5. The lowest BCUT2D eigenvalue weighted by Crippen LogP contribution is -2.49. The molecule has 2 aliphatic carbocycles. The molecule has 0 aromatic rings. The van der Waals surface area contributed by atoms with E-state index in [2.05, 4.69) is 5.32 Å². The van der Waals surface area contributed by atoms with Gasteiger partial charge in [0.1, 0.15) is 5.54 Å². The van der Waals surface area contributed by atoms with Gasteiger partial charge >= 0.3 is 0 Å². The van der Waals surface area contributed by atoms with Crippen molar-refractivity contribution in [3.05, 3.63) is 0 Å². The van der Waals surface area contributed by atoms with Gasteiger partial charge in [0.2, 0.25) is 5.91 Å². The zero-order valence-corrected chi connectivity index (χ0v) is 17.3. The number of carbonyl (C=O) groups is 2. The summed E-state index contributed by atoms with van der Waals surface area (Å²) in [6.07, 6.45) is 13.3. The van der Waals surface area contributed by atoms with E-state index in [-0.39, 0.29) is 11.9 Å². The van der Waals surface area contributed by atoms with E-state index in [1.807, 2.05) is 4.90 Å². The Kier molecular flexibility index (Phi) is 5.66. The van der Waals surface area contributed by atoms with E-state index in [1.54, 1.807) is 7.05 Å². The molecule has 2 aliphatic heterocycles. The molecule has 0 radical (unpaired) electrons. The second-order valence-corrected chi connectivity index (χ2v) is 9.81. The summed E-state index contributed by atoms with van der Waals surface area (Å²) < 4.78 is 0. The minimum atomic E-state index is -0.635. The Hall–Kier alpha value is -1.59. The van der Waals surface area contributed by atoms with Crippen LogP contribution in [-0.2, 0) is 9.59 Å². The normalized spacial score (nSPS) is 31.5. The van der Waals surface area contributed by atoms with Crippen molar-refractivity contribution in [1.29, 1.82) is 5.41 Å². The van der Waals surface area contributed by atoms with E-state index in [9.17, 15) is 9.59 Å². The average molecular weight is 389 g/mol. The fourth-order valence-electron chi connectivity index (χ4n) is 5.54. The zero-order chi connectivity index (χ0) is 19.7. The highest BCUT2D eigenvalue weighted by Gasteiger charge is 2.49. The summed E-state index contributed by atoms with van der Waals surface area (Å²) in [6.45, 7) is 1.61. The van der Waals surface area contributed by atoms with Crippen LogP contribution in [0.25, 0.3) is 0 Å². The number of nitrogens with zero attached hydrogens (tertiary/aromatic N) is 2. The van der Waals surface area contributed by atoms with Gasteiger partial charge in [-0.2, -0.15) is 0 Å². The zero-order valence-electron chi connectivity index (χ0n) is 17.3. The van der Waals surface area contributed by atoms with E-state index in [4.69, 9.17) is 5.41 Å². The molecule has 2 saturated carbocycles. The highest BCUT2D eigenvalue weighted by atomic mass is 16.2. The van der Waals surface area contributed by atoms with Crippen molar-refractivity contribution in [3.8, 4) is 0 Å². The molecule has 2 heterocycles. The van der Waals surface area contributed by atoms with Crippen LogP contribution < -0.4 is 5.32 Å². The van der Waals surface area contributed by atoms with Crippen molar-refractivity contribution in [2.45, 2.75) is 82.6 Å². The molecule has 6 heteroatoms. The summed E-state index contributed by atoms with van der Waals surface area (Å²) in [6, 6.07) is 0. The Bertz CT molecular complexity index is 626. The lowest BCUT2D eigenvalue weighted by molar-refractivity contribution is -0.131. The molecule has 2 amide bonds. The fourth-order valence-corrected chi connectivity index (χ4v) is 5.54. The lowest BCUT2D eigenvalue weighted by Gasteiger charge is -2.32. The molecule has 0 aromatic heterocycles. The molecule has 2 atom stereocenters. The van der Waals surface area contributed by atoms with Crippen molar-refractivity contribution >= 4 is 17.8 Å². The minimum absolute atomic E-state index is 0.0519. The summed E-state index contributed by atoms with van der Waals surface area (Å²) in [4.78, 5) is 29.1. The molecule has 0 spiro atoms. The largest absolute Gasteiger partial charge is 0.342 e. The predicted molar refractivity (Wildman–Crippen MR) is 109 cm³/mol. The van der Waals surface area contributed by atoms with Crippen LogP contribution in [0.15, 0.2) is 0 Å². The van der Waals surface area contributed by atoms with Gasteiger partial charge in [0.15, 0.2) is 5.96 Å². The number of guanidine groups is 1. The van der Waals surface area contributed by atoms with Crippen LogP contribution in [0.2, 0.25) is 0 Å². The second-order valence-electron chi connectivity index (χ2n) is 9.81. The van der Waals surface area contributed by atoms with Crippen molar-refractivity contribution in [2.75, 3.05) is 20.1 Å². The molecule has 0 bridgehead atoms. The van der Waals surface area contributed by atoms with Crippen LogP contribution in [0.3, 0.4) is 0 Å². The Labute approximate surface area is 168 Å². The Morgan fingerprint density at radius 2 is 1.86 bits per heavy atom. The first kappa shape index (κ1) is 19.7. The molecule has 0 aromatic carbocycles. The van der Waals surface area contributed by atoms with Crippen LogP contribution in [0.5, 0.6) is 0 Å². The molecule has 2 N–H and O–H groups in total. The van der Waals surface area contributed by atoms with E-state index < -0.39 is 5.54 Å². The smallest absolute Gasteiger partial charge is 0.254 e. The molecule has 28 heavy (non-hydrogen) atoms. The number of carbonyl (C=O) groups excluding carboxylic acids is 2. The number of rotatable bonds is 7. The summed E-state index contributed by atoms with van der Waals surface area (Å²) in [5.41, 5.74) is -0.635. The summed E-state index contributed by atoms with van der Waals surface area (Å²) in [7, 11) is 1.71. The van der Waals surface area contributed by atoms with Crippen LogP contribution >= 0.6 is 0 Å². The van der Waals surface area contributed by atoms with Gasteiger partial charge in [-0.05, 0) is 56.3 Å². The maximum Gasteiger partial charge on any atom is 0.254 e. The van der Waals surface area contributed by atoms with Crippen LogP contribution in [0.1, 0.15) is 77.0 Å². The average Bonchev–Trinajstić information content (AvgIpc) is 3.34. The van der Waals surface area contributed by atoms with Crippen molar-refractivity contribution in [3.63, 3.8) is 0 Å². The first-order valence-electron chi connectivity index (χ1n) is 11.4. The van der Waals surface area contributed by atoms with Gasteiger partial charge in [0.25, 0.3) is 5.91 Å². The Morgan fingerprint density at radius 1 is 1.11 bits per heavy atom. The highest BCUT2D eigenvalue weighted by molar-refractivity contribution is 6.07. The number of hydrogen-bond acceptors (Lipinski definition) is 3. The van der Waals surface area contributed by atoms with Gasteiger partial charge in [-0.3, -0.25) is 19.9 Å². The van der Waals surface area contributed by atoms with Crippen molar-refractivity contribution in [1.82, 2.24) is 15.1 Å². The molecule has 2 saturated heterocycles. The summed E-state index contributed by atoms with van der Waals surface area (Å²) >= 11 is 0. The maximum atomic E-state index is 13.1. The van der Waals surface area contributed by atoms with E-state index >= 15 is 0 Å². The third kappa shape index (κ3) is 4.20. The van der Waals surface area contributed by atoms with Crippen LogP contribution in [-0.4, -0.2) is 53.2 Å². The number of nitrogens with one attached hydrogen (secondary N) is 2. The number of likely N-dealkylation sites (tertiary alicyclic amines) is 1. The van der Waals surface area contributed by atoms with Crippen LogP contribution in [0, 0.1) is 23.2 Å². The van der Waals surface area contributed by atoms with E-state index in [0.717, 1.165) is 44.7 Å². The van der Waals surface area contributed by atoms with Crippen LogP contribution in [0.4, 0.5) is 0 Å². The topological polar surface area (TPSA) is 76.5 Å². The molecule has 4 aliphatic rings. The number of amides is 2. The Morgan fingerprint density at radius 3 is 2.50 bits per heavy atom. The van der Waals surface area contributed by atoms with Gasteiger partial charge in [0, 0.05) is 26.6 Å². The second kappa shape index (κ2) is 8.03. The molecular weight excluding hydrogens is 352 g/mol. The maximum absolute atomic E-state index is 13.1. The first-order valence-corrected chi connectivity index (χ1v) is 11.4. The van der Waals surface area contributed by atoms with Gasteiger partial charge in [-0.15, -0.1) is 0 Å². The molecule has 0 unspecified atom stereocenters. The highest BCUT2D eigenvalue weighted by Crippen LogP contribution is 2.38. The molecule has 6 nitrogen and oxygen atoms in total. The Balaban J connectivity index is 1.38. The SMILES string of the molecule is CN1C(=N)N[C@@](CCC2CCCCC2)(C[C@@H]2CCN(C(=O)CC3CC3)C2)C1=O. The van der Waals surface area contributed by atoms with Gasteiger partial charge in [-0.25, -0.2) is 0 Å². The van der Waals surface area contributed by atoms with E-state index in [1.165, 1.54) is 49.8 Å². The molecular formula is C22H36N4O2. The lowest BCUT2D eigenvalue weighted by atomic mass is 9.78. The quantitative estimate of drug-likeness (QED) is 0.703. The minimum Gasteiger partial charge on any atom is -0.342 e. The fraction of sp³-hybridized carbons (Fsp3) is 0.864. The summed E-state index contributed by atoms with van der Waals surface area (Å²) in [5.74, 6) is 2.28. The van der Waals surface area contributed by atoms with Gasteiger partial charge in [0.05, 0.1) is 0 Å². The van der Waals surface area contributed by atoms with Gasteiger partial charge in [-0.1, -0.05) is 32.1 Å². The third-order valence-corrected chi connectivity index (χ3v) is 7.55. The van der Waals surface area contributed by atoms with Gasteiger partial charge < -0.3 is 10.2 Å². The standard InChI is InChI=1S/C22H36N4O2/c1-25-20(28)22(24-21(25)23,11-9-16-5-3-2-4-6-16)14-18-10-12-26(15-18)19(27)13-17-7-8-17/h16-18H,2-15H2,1H3,(H2,23,24)/t18-,22-/m0/s1. The van der Waals surface area contributed by atoms with Crippen molar-refractivity contribution in [2.24, 2.45) is 17.8 Å². The number of likely N-dealkylation sites (N-methyl/N-ethyl adjacent to an activating group) is 1. The van der Waals surface area contributed by atoms with Crippen molar-refractivity contribution < 1.29 is 9.59 Å². The molecule has 156 valence electrons. The summed E-state index contributed by atoms with van der Waals surface area (Å²) in [5, 5.41) is 11.4. The van der Waals surface area contributed by atoms with E-state index in [0.29, 0.717) is 24.2 Å². The third-order valence-electron chi connectivity index (χ3n) is 7.55. The predicted octanol–water partition coefficient (Wildman–Crippen LogP) is 3.12. The molecule has 4 rings (SSSR count). The molecule has 4 fully saturated rings. The number of hydrogen-bond donors (Lipinski definition) is 2. The monoisotopic (exact) mass is 388 g/mol.